The summed E-state index contributed by atoms with van der Waals surface area (Å²) in [4.78, 5) is 15.1. The fourth-order valence-corrected chi connectivity index (χ4v) is 1.92. The van der Waals surface area contributed by atoms with Gasteiger partial charge in [-0.15, -0.1) is 0 Å². The number of aromatic amines is 1. The second-order valence-corrected chi connectivity index (χ2v) is 4.19. The van der Waals surface area contributed by atoms with Crippen LogP contribution in [-0.4, -0.2) is 42.4 Å². The van der Waals surface area contributed by atoms with E-state index in [9.17, 15) is 4.79 Å². The Morgan fingerprint density at radius 1 is 1.32 bits per heavy atom. The number of fused-ring (bicyclic) bond motifs is 1. The minimum Gasteiger partial charge on any atom is -0.394 e. The third-order valence-corrected chi connectivity index (χ3v) is 2.83. The number of nitrogens with one attached hydrogen (secondary N) is 2. The van der Waals surface area contributed by atoms with Crippen LogP contribution < -0.4 is 5.32 Å². The van der Waals surface area contributed by atoms with Crippen molar-refractivity contribution in [2.75, 3.05) is 26.4 Å². The molecule has 2 aromatic rings. The van der Waals surface area contributed by atoms with Gasteiger partial charge in [0.15, 0.2) is 0 Å². The molecule has 2 rings (SSSR count). The minimum atomic E-state index is -0.0765. The van der Waals surface area contributed by atoms with Gasteiger partial charge in [0, 0.05) is 35.8 Å². The molecule has 0 atom stereocenters. The highest BCUT2D eigenvalue weighted by Crippen LogP contribution is 2.16. The Bertz CT molecular complexity index is 536. The van der Waals surface area contributed by atoms with Crippen molar-refractivity contribution < 1.29 is 14.6 Å². The van der Waals surface area contributed by atoms with Crippen LogP contribution in [0.2, 0.25) is 0 Å². The standard InChI is InChI=1S/C14H18N2O3/c17-8-10-19-9-2-6-16-14(18)12-3-1-4-13-11(12)5-7-15-13/h1,3-5,7,15,17H,2,6,8-10H2,(H,16,18). The Hall–Kier alpha value is -1.85. The van der Waals surface area contributed by atoms with Gasteiger partial charge in [-0.1, -0.05) is 6.07 Å². The molecule has 102 valence electrons. The average Bonchev–Trinajstić information content (AvgIpc) is 2.90. The molecule has 1 amide bonds. The van der Waals surface area contributed by atoms with Crippen LogP contribution in [0.25, 0.3) is 10.9 Å². The fraction of sp³-hybridized carbons (Fsp3) is 0.357. The maximum Gasteiger partial charge on any atom is 0.251 e. The predicted octanol–water partition coefficient (Wildman–Crippen LogP) is 1.30. The SMILES string of the molecule is O=C(NCCCOCCO)c1cccc2[nH]ccc12. The summed E-state index contributed by atoms with van der Waals surface area (Å²) >= 11 is 0. The molecule has 0 saturated heterocycles. The molecule has 5 nitrogen and oxygen atoms in total. The highest BCUT2D eigenvalue weighted by atomic mass is 16.5. The number of hydrogen-bond donors (Lipinski definition) is 3. The smallest absolute Gasteiger partial charge is 0.251 e. The number of amides is 1. The summed E-state index contributed by atoms with van der Waals surface area (Å²) in [6, 6.07) is 7.51. The number of H-pyrrole nitrogens is 1. The third kappa shape index (κ3) is 3.56. The lowest BCUT2D eigenvalue weighted by Crippen LogP contribution is -2.25. The Balaban J connectivity index is 1.85. The van der Waals surface area contributed by atoms with Crippen LogP contribution in [0.15, 0.2) is 30.5 Å². The molecule has 3 N–H and O–H groups in total. The highest BCUT2D eigenvalue weighted by molar-refractivity contribution is 6.06. The van der Waals surface area contributed by atoms with E-state index in [1.807, 2.05) is 30.5 Å². The molecule has 1 aromatic heterocycles. The van der Waals surface area contributed by atoms with E-state index in [-0.39, 0.29) is 12.5 Å². The monoisotopic (exact) mass is 262 g/mol. The van der Waals surface area contributed by atoms with Crippen LogP contribution in [-0.2, 0) is 4.74 Å². The first kappa shape index (κ1) is 13.6. The molecule has 0 bridgehead atoms. The van der Waals surface area contributed by atoms with Gasteiger partial charge in [0.2, 0.25) is 0 Å². The van der Waals surface area contributed by atoms with Gasteiger partial charge < -0.3 is 20.1 Å². The summed E-state index contributed by atoms with van der Waals surface area (Å²) in [6.07, 6.45) is 2.55. The van der Waals surface area contributed by atoms with E-state index >= 15 is 0 Å². The second-order valence-electron chi connectivity index (χ2n) is 4.19. The zero-order valence-corrected chi connectivity index (χ0v) is 10.7. The molecule has 0 aliphatic carbocycles. The molecule has 0 aliphatic rings. The number of aliphatic hydroxyl groups excluding tert-OH is 1. The maximum atomic E-state index is 12.0. The molecule has 0 spiro atoms. The van der Waals surface area contributed by atoms with E-state index in [2.05, 4.69) is 10.3 Å². The molecule has 0 aliphatic heterocycles. The predicted molar refractivity (Wildman–Crippen MR) is 73.2 cm³/mol. The molecule has 1 aromatic carbocycles. The molecule has 0 fully saturated rings. The van der Waals surface area contributed by atoms with E-state index in [1.54, 1.807) is 0 Å². The minimum absolute atomic E-state index is 0.0296. The zero-order chi connectivity index (χ0) is 13.5. The first-order valence-corrected chi connectivity index (χ1v) is 6.36. The summed E-state index contributed by atoms with van der Waals surface area (Å²) in [7, 11) is 0. The normalized spacial score (nSPS) is 10.8. The topological polar surface area (TPSA) is 74.3 Å². The number of aliphatic hydroxyl groups is 1. The average molecular weight is 262 g/mol. The molecular formula is C14H18N2O3. The van der Waals surface area contributed by atoms with Crippen LogP contribution in [0, 0.1) is 0 Å². The number of carbonyl (C=O) groups excluding carboxylic acids is 1. The van der Waals surface area contributed by atoms with Gasteiger partial charge in [-0.25, -0.2) is 0 Å². The third-order valence-electron chi connectivity index (χ3n) is 2.83. The lowest BCUT2D eigenvalue weighted by atomic mass is 10.1. The van der Waals surface area contributed by atoms with Crippen molar-refractivity contribution in [2.45, 2.75) is 6.42 Å². The van der Waals surface area contributed by atoms with Gasteiger partial charge in [0.25, 0.3) is 5.91 Å². The maximum absolute atomic E-state index is 12.0. The van der Waals surface area contributed by atoms with Crippen molar-refractivity contribution in [3.05, 3.63) is 36.0 Å². The lowest BCUT2D eigenvalue weighted by molar-refractivity contribution is 0.0868. The van der Waals surface area contributed by atoms with E-state index in [0.29, 0.717) is 25.3 Å². The quantitative estimate of drug-likeness (QED) is 0.658. The van der Waals surface area contributed by atoms with Gasteiger partial charge in [-0.3, -0.25) is 4.79 Å². The van der Waals surface area contributed by atoms with Crippen molar-refractivity contribution in [2.24, 2.45) is 0 Å². The van der Waals surface area contributed by atoms with Crippen LogP contribution in [0.3, 0.4) is 0 Å². The first-order valence-electron chi connectivity index (χ1n) is 6.36. The number of carbonyl (C=O) groups is 1. The summed E-state index contributed by atoms with van der Waals surface area (Å²) in [5.74, 6) is -0.0765. The number of ether oxygens (including phenoxy) is 1. The van der Waals surface area contributed by atoms with E-state index in [0.717, 1.165) is 17.3 Å². The van der Waals surface area contributed by atoms with Crippen LogP contribution in [0.4, 0.5) is 0 Å². The summed E-state index contributed by atoms with van der Waals surface area (Å²) in [6.45, 7) is 1.47. The van der Waals surface area contributed by atoms with Gasteiger partial charge in [-0.05, 0) is 24.6 Å². The van der Waals surface area contributed by atoms with Crippen molar-refractivity contribution in [3.63, 3.8) is 0 Å². The molecule has 5 heteroatoms. The Labute approximate surface area is 111 Å². The van der Waals surface area contributed by atoms with Crippen molar-refractivity contribution in [1.82, 2.24) is 10.3 Å². The van der Waals surface area contributed by atoms with Gasteiger partial charge >= 0.3 is 0 Å². The molecule has 0 radical (unpaired) electrons. The van der Waals surface area contributed by atoms with Crippen molar-refractivity contribution in [3.8, 4) is 0 Å². The highest BCUT2D eigenvalue weighted by Gasteiger charge is 2.09. The lowest BCUT2D eigenvalue weighted by Gasteiger charge is -2.06. The number of rotatable bonds is 7. The Morgan fingerprint density at radius 2 is 2.21 bits per heavy atom. The largest absolute Gasteiger partial charge is 0.394 e. The van der Waals surface area contributed by atoms with Gasteiger partial charge in [0.05, 0.1) is 13.2 Å². The molecule has 0 saturated carbocycles. The van der Waals surface area contributed by atoms with E-state index < -0.39 is 0 Å². The summed E-state index contributed by atoms with van der Waals surface area (Å²) < 4.78 is 5.12. The number of aromatic nitrogens is 1. The Kier molecular flexibility index (Phi) is 4.94. The van der Waals surface area contributed by atoms with Gasteiger partial charge in [0.1, 0.15) is 0 Å². The molecule has 19 heavy (non-hydrogen) atoms. The van der Waals surface area contributed by atoms with E-state index in [1.165, 1.54) is 0 Å². The summed E-state index contributed by atoms with van der Waals surface area (Å²) in [5, 5.41) is 12.3. The first-order chi connectivity index (χ1) is 9.33. The fourth-order valence-electron chi connectivity index (χ4n) is 1.92. The molecular weight excluding hydrogens is 244 g/mol. The Morgan fingerprint density at radius 3 is 3.05 bits per heavy atom. The van der Waals surface area contributed by atoms with E-state index in [4.69, 9.17) is 9.84 Å². The van der Waals surface area contributed by atoms with Crippen LogP contribution in [0.5, 0.6) is 0 Å². The zero-order valence-electron chi connectivity index (χ0n) is 10.7. The van der Waals surface area contributed by atoms with Crippen molar-refractivity contribution >= 4 is 16.8 Å². The van der Waals surface area contributed by atoms with Crippen LogP contribution >= 0.6 is 0 Å². The van der Waals surface area contributed by atoms with Gasteiger partial charge in [-0.2, -0.15) is 0 Å². The molecule has 1 heterocycles. The van der Waals surface area contributed by atoms with Crippen molar-refractivity contribution in [1.29, 1.82) is 0 Å². The number of hydrogen-bond acceptors (Lipinski definition) is 3. The summed E-state index contributed by atoms with van der Waals surface area (Å²) in [5.41, 5.74) is 1.63. The number of benzene rings is 1. The molecule has 0 unspecified atom stereocenters. The second kappa shape index (κ2) is 6.92. The van der Waals surface area contributed by atoms with Crippen LogP contribution in [0.1, 0.15) is 16.8 Å².